The Kier molecular flexibility index (Phi) is 5.29. The van der Waals surface area contributed by atoms with E-state index in [4.69, 9.17) is 4.74 Å². The molecule has 0 radical (unpaired) electrons. The Bertz CT molecular complexity index is 868. The number of anilines is 1. The highest BCUT2D eigenvalue weighted by Crippen LogP contribution is 2.26. The number of pyridine rings is 1. The Morgan fingerprint density at radius 2 is 2.23 bits per heavy atom. The van der Waals surface area contributed by atoms with Crippen molar-refractivity contribution in [1.82, 2.24) is 14.5 Å². The number of ether oxygens (including phenoxy) is 1. The second kappa shape index (κ2) is 7.63. The van der Waals surface area contributed by atoms with Crippen molar-refractivity contribution in [2.75, 3.05) is 18.1 Å². The smallest absolute Gasteiger partial charge is 0.328 e. The van der Waals surface area contributed by atoms with E-state index in [0.717, 1.165) is 19.0 Å². The molecule has 1 aliphatic rings. The fourth-order valence-electron chi connectivity index (χ4n) is 3.16. The van der Waals surface area contributed by atoms with Crippen molar-refractivity contribution in [2.24, 2.45) is 7.05 Å². The van der Waals surface area contributed by atoms with Crippen LogP contribution in [0.4, 0.5) is 10.3 Å². The summed E-state index contributed by atoms with van der Waals surface area (Å²) in [5, 5.41) is 0. The minimum absolute atomic E-state index is 0.198. The van der Waals surface area contributed by atoms with Gasteiger partial charge in [0, 0.05) is 31.4 Å². The molecule has 1 aliphatic heterocycles. The van der Waals surface area contributed by atoms with Gasteiger partial charge in [-0.15, -0.1) is 0 Å². The Balaban J connectivity index is 2.07. The minimum Gasteiger partial charge on any atom is -0.464 e. The van der Waals surface area contributed by atoms with Crippen molar-refractivity contribution in [1.29, 1.82) is 0 Å². The molecule has 1 atom stereocenters. The highest BCUT2D eigenvalue weighted by molar-refractivity contribution is 5.79. The first-order valence-corrected chi connectivity index (χ1v) is 8.64. The molecule has 3 rings (SSSR count). The van der Waals surface area contributed by atoms with Gasteiger partial charge < -0.3 is 9.64 Å². The summed E-state index contributed by atoms with van der Waals surface area (Å²) in [6, 6.07) is 2.25. The molecule has 1 fully saturated rings. The summed E-state index contributed by atoms with van der Waals surface area (Å²) in [5.74, 6) is -0.553. The molecule has 0 saturated carbocycles. The zero-order valence-electron chi connectivity index (χ0n) is 14.8. The number of piperidine rings is 1. The van der Waals surface area contributed by atoms with Crippen LogP contribution in [-0.4, -0.2) is 39.7 Å². The SMILES string of the molecule is CCOC(=O)C1CCCCN1c1nc(-c2ccncc2F)cc(=O)n1C. The van der Waals surface area contributed by atoms with Gasteiger partial charge in [0.2, 0.25) is 5.95 Å². The van der Waals surface area contributed by atoms with Crippen LogP contribution in [0.1, 0.15) is 26.2 Å². The maximum absolute atomic E-state index is 14.1. The van der Waals surface area contributed by atoms with Gasteiger partial charge in [0.15, 0.2) is 5.82 Å². The lowest BCUT2D eigenvalue weighted by atomic mass is 10.0. The number of hydrogen-bond donors (Lipinski definition) is 0. The Morgan fingerprint density at radius 3 is 2.96 bits per heavy atom. The zero-order valence-corrected chi connectivity index (χ0v) is 14.8. The molecule has 1 unspecified atom stereocenters. The predicted molar refractivity (Wildman–Crippen MR) is 94.3 cm³/mol. The maximum Gasteiger partial charge on any atom is 0.328 e. The van der Waals surface area contributed by atoms with Crippen molar-refractivity contribution in [3.8, 4) is 11.3 Å². The average Bonchev–Trinajstić information content (AvgIpc) is 2.64. The number of carbonyl (C=O) groups is 1. The van der Waals surface area contributed by atoms with Gasteiger partial charge in [-0.05, 0) is 32.3 Å². The topological polar surface area (TPSA) is 77.3 Å². The number of halogens is 1. The fourth-order valence-corrected chi connectivity index (χ4v) is 3.16. The van der Waals surface area contributed by atoms with Crippen LogP contribution < -0.4 is 10.5 Å². The van der Waals surface area contributed by atoms with Gasteiger partial charge in [-0.2, -0.15) is 0 Å². The third kappa shape index (κ3) is 3.44. The molecule has 0 N–H and O–H groups in total. The molecule has 1 saturated heterocycles. The van der Waals surface area contributed by atoms with Gasteiger partial charge in [-0.1, -0.05) is 0 Å². The number of aromatic nitrogens is 3. The van der Waals surface area contributed by atoms with Crippen molar-refractivity contribution >= 4 is 11.9 Å². The summed E-state index contributed by atoms with van der Waals surface area (Å²) in [6.07, 6.45) is 4.92. The average molecular weight is 360 g/mol. The highest BCUT2D eigenvalue weighted by atomic mass is 19.1. The van der Waals surface area contributed by atoms with Crippen LogP contribution in [0.5, 0.6) is 0 Å². The van der Waals surface area contributed by atoms with Gasteiger partial charge in [-0.3, -0.25) is 14.3 Å². The van der Waals surface area contributed by atoms with Gasteiger partial charge in [0.05, 0.1) is 18.5 Å². The summed E-state index contributed by atoms with van der Waals surface area (Å²) in [7, 11) is 1.59. The molecular weight excluding hydrogens is 339 g/mol. The predicted octanol–water partition coefficient (Wildman–Crippen LogP) is 1.90. The van der Waals surface area contributed by atoms with Gasteiger partial charge in [-0.25, -0.2) is 14.2 Å². The molecule has 0 aliphatic carbocycles. The van der Waals surface area contributed by atoms with E-state index in [9.17, 15) is 14.0 Å². The Labute approximate surface area is 150 Å². The largest absolute Gasteiger partial charge is 0.464 e. The molecule has 26 heavy (non-hydrogen) atoms. The second-order valence-electron chi connectivity index (χ2n) is 6.15. The Hall–Kier alpha value is -2.77. The maximum atomic E-state index is 14.1. The molecule has 8 heteroatoms. The monoisotopic (exact) mass is 360 g/mol. The third-order valence-electron chi connectivity index (χ3n) is 4.48. The molecule has 0 spiro atoms. The molecule has 0 bridgehead atoms. The lowest BCUT2D eigenvalue weighted by Gasteiger charge is -2.35. The lowest BCUT2D eigenvalue weighted by molar-refractivity contribution is -0.145. The van der Waals surface area contributed by atoms with Crippen LogP contribution in [0.3, 0.4) is 0 Å². The first-order valence-electron chi connectivity index (χ1n) is 8.64. The molecular formula is C18H21FN4O3. The van der Waals surface area contributed by atoms with E-state index in [0.29, 0.717) is 18.9 Å². The number of nitrogens with zero attached hydrogens (tertiary/aromatic N) is 4. The summed E-state index contributed by atoms with van der Waals surface area (Å²) in [5.41, 5.74) is 0.0919. The Morgan fingerprint density at radius 1 is 1.42 bits per heavy atom. The van der Waals surface area contributed by atoms with Crippen LogP contribution in [-0.2, 0) is 16.6 Å². The molecule has 2 aromatic rings. The first-order chi connectivity index (χ1) is 12.5. The minimum atomic E-state index is -0.556. The highest BCUT2D eigenvalue weighted by Gasteiger charge is 2.32. The fraction of sp³-hybridized carbons (Fsp3) is 0.444. The molecule has 2 aromatic heterocycles. The number of esters is 1. The quantitative estimate of drug-likeness (QED) is 0.775. The zero-order chi connectivity index (χ0) is 18.7. The molecule has 3 heterocycles. The van der Waals surface area contributed by atoms with Crippen LogP contribution in [0.15, 0.2) is 29.3 Å². The van der Waals surface area contributed by atoms with Crippen molar-refractivity contribution < 1.29 is 13.9 Å². The van der Waals surface area contributed by atoms with Crippen LogP contribution in [0.25, 0.3) is 11.3 Å². The van der Waals surface area contributed by atoms with E-state index in [1.807, 2.05) is 0 Å². The van der Waals surface area contributed by atoms with E-state index < -0.39 is 11.9 Å². The van der Waals surface area contributed by atoms with E-state index >= 15 is 0 Å². The molecule has 0 aromatic carbocycles. The van der Waals surface area contributed by atoms with Crippen LogP contribution >= 0.6 is 0 Å². The van der Waals surface area contributed by atoms with Gasteiger partial charge in [0.25, 0.3) is 5.56 Å². The van der Waals surface area contributed by atoms with Crippen LogP contribution in [0, 0.1) is 5.82 Å². The van der Waals surface area contributed by atoms with Crippen molar-refractivity contribution in [3.63, 3.8) is 0 Å². The molecule has 0 amide bonds. The summed E-state index contributed by atoms with van der Waals surface area (Å²) in [6.45, 7) is 2.62. The van der Waals surface area contributed by atoms with Crippen LogP contribution in [0.2, 0.25) is 0 Å². The van der Waals surface area contributed by atoms with Gasteiger partial charge in [0.1, 0.15) is 6.04 Å². The van der Waals surface area contributed by atoms with Gasteiger partial charge >= 0.3 is 5.97 Å². The second-order valence-corrected chi connectivity index (χ2v) is 6.15. The van der Waals surface area contributed by atoms with Crippen molar-refractivity contribution in [2.45, 2.75) is 32.2 Å². The first kappa shape index (κ1) is 18.0. The van der Waals surface area contributed by atoms with E-state index in [2.05, 4.69) is 9.97 Å². The van der Waals surface area contributed by atoms with E-state index in [1.165, 1.54) is 22.9 Å². The van der Waals surface area contributed by atoms with E-state index in [1.54, 1.807) is 18.9 Å². The normalized spacial score (nSPS) is 17.2. The summed E-state index contributed by atoms with van der Waals surface area (Å²) >= 11 is 0. The summed E-state index contributed by atoms with van der Waals surface area (Å²) < 4.78 is 20.6. The standard InChI is InChI=1S/C18H21FN4O3/c1-3-26-17(25)15-6-4-5-9-23(15)18-21-14(10-16(24)22(18)2)12-7-8-20-11-13(12)19/h7-8,10-11,15H,3-6,9H2,1-2H3. The number of hydrogen-bond acceptors (Lipinski definition) is 6. The number of carbonyl (C=O) groups excluding carboxylic acids is 1. The van der Waals surface area contributed by atoms with Crippen molar-refractivity contribution in [3.05, 3.63) is 40.7 Å². The molecule has 7 nitrogen and oxygen atoms in total. The third-order valence-corrected chi connectivity index (χ3v) is 4.48. The lowest BCUT2D eigenvalue weighted by Crippen LogP contribution is -2.48. The summed E-state index contributed by atoms with van der Waals surface area (Å²) in [4.78, 5) is 34.8. The molecule has 138 valence electrons. The van der Waals surface area contributed by atoms with E-state index in [-0.39, 0.29) is 29.4 Å². The number of rotatable bonds is 4.